The molecule has 1 rings (SSSR count). The van der Waals surface area contributed by atoms with Gasteiger partial charge < -0.3 is 10.8 Å². The van der Waals surface area contributed by atoms with E-state index in [9.17, 15) is 9.59 Å². The van der Waals surface area contributed by atoms with Crippen LogP contribution < -0.4 is 10.6 Å². The van der Waals surface area contributed by atoms with Crippen LogP contribution in [0.15, 0.2) is 18.3 Å². The van der Waals surface area contributed by atoms with E-state index in [1.54, 1.807) is 0 Å². The third-order valence-corrected chi connectivity index (χ3v) is 1.66. The van der Waals surface area contributed by atoms with Gasteiger partial charge >= 0.3 is 6.09 Å². The largest absolute Gasteiger partial charge is 0.465 e. The molecule has 6 heteroatoms. The summed E-state index contributed by atoms with van der Waals surface area (Å²) in [7, 11) is 1.33. The van der Waals surface area contributed by atoms with Gasteiger partial charge in [0, 0.05) is 18.8 Å². The Morgan fingerprint density at radius 3 is 2.71 bits per heavy atom. The van der Waals surface area contributed by atoms with Crippen molar-refractivity contribution in [2.45, 2.75) is 0 Å². The van der Waals surface area contributed by atoms with E-state index in [0.29, 0.717) is 0 Å². The molecule has 0 fully saturated rings. The molecule has 6 nitrogen and oxygen atoms in total. The van der Waals surface area contributed by atoms with Crippen LogP contribution in [0.1, 0.15) is 10.4 Å². The number of nitrogens with two attached hydrogens (primary N) is 1. The maximum atomic E-state index is 10.8. The van der Waals surface area contributed by atoms with E-state index < -0.39 is 12.0 Å². The normalized spacial score (nSPS) is 9.50. The molecule has 0 aliphatic heterocycles. The molecule has 14 heavy (non-hydrogen) atoms. The molecule has 0 bridgehead atoms. The van der Waals surface area contributed by atoms with Crippen molar-refractivity contribution in [2.24, 2.45) is 5.73 Å². The van der Waals surface area contributed by atoms with Crippen LogP contribution >= 0.6 is 0 Å². The number of amides is 2. The molecule has 0 saturated heterocycles. The average Bonchev–Trinajstić information content (AvgIpc) is 2.16. The fraction of sp³-hybridized carbons (Fsp3) is 0.125. The van der Waals surface area contributed by atoms with Gasteiger partial charge in [0.2, 0.25) is 5.91 Å². The third-order valence-electron chi connectivity index (χ3n) is 1.66. The average molecular weight is 195 g/mol. The van der Waals surface area contributed by atoms with Crippen molar-refractivity contribution in [3.05, 3.63) is 23.9 Å². The van der Waals surface area contributed by atoms with Crippen molar-refractivity contribution in [3.8, 4) is 0 Å². The van der Waals surface area contributed by atoms with Crippen molar-refractivity contribution in [1.29, 1.82) is 0 Å². The standard InChI is InChI=1S/C8H9N3O3/c1-11(8(13)14)6-4-5(7(9)12)2-3-10-6/h2-4H,1H3,(H2,9,12)(H,13,14). The molecule has 2 amide bonds. The summed E-state index contributed by atoms with van der Waals surface area (Å²) < 4.78 is 0. The summed E-state index contributed by atoms with van der Waals surface area (Å²) >= 11 is 0. The minimum atomic E-state index is -1.15. The van der Waals surface area contributed by atoms with E-state index in [1.807, 2.05) is 0 Å². The van der Waals surface area contributed by atoms with Gasteiger partial charge in [0.25, 0.3) is 0 Å². The lowest BCUT2D eigenvalue weighted by atomic mass is 10.2. The molecule has 3 N–H and O–H groups in total. The van der Waals surface area contributed by atoms with E-state index in [4.69, 9.17) is 10.8 Å². The maximum Gasteiger partial charge on any atom is 0.412 e. The van der Waals surface area contributed by atoms with E-state index in [-0.39, 0.29) is 11.4 Å². The first-order valence-electron chi connectivity index (χ1n) is 3.75. The number of carbonyl (C=O) groups excluding carboxylic acids is 1. The number of nitrogens with zero attached hydrogens (tertiary/aromatic N) is 2. The molecule has 0 aliphatic rings. The Morgan fingerprint density at radius 1 is 1.57 bits per heavy atom. The first kappa shape index (κ1) is 9.97. The molecule has 0 atom stereocenters. The smallest absolute Gasteiger partial charge is 0.412 e. The molecule has 0 unspecified atom stereocenters. The number of carboxylic acid groups (broad SMARTS) is 1. The van der Waals surface area contributed by atoms with Gasteiger partial charge in [-0.05, 0) is 12.1 Å². The second-order valence-electron chi connectivity index (χ2n) is 2.61. The van der Waals surface area contributed by atoms with Crippen molar-refractivity contribution in [2.75, 3.05) is 11.9 Å². The Hall–Kier alpha value is -2.11. The zero-order valence-corrected chi connectivity index (χ0v) is 7.47. The molecule has 74 valence electrons. The van der Waals surface area contributed by atoms with Crippen LogP contribution in [-0.2, 0) is 0 Å². The molecule has 1 heterocycles. The quantitative estimate of drug-likeness (QED) is 0.708. The van der Waals surface area contributed by atoms with E-state index in [0.717, 1.165) is 4.90 Å². The molecule has 0 spiro atoms. The highest BCUT2D eigenvalue weighted by Gasteiger charge is 2.11. The third kappa shape index (κ3) is 1.98. The lowest BCUT2D eigenvalue weighted by Gasteiger charge is -2.11. The van der Waals surface area contributed by atoms with Crippen LogP contribution in [0.25, 0.3) is 0 Å². The van der Waals surface area contributed by atoms with Gasteiger partial charge in [0.1, 0.15) is 5.82 Å². The van der Waals surface area contributed by atoms with Crippen molar-refractivity contribution in [1.82, 2.24) is 4.98 Å². The summed E-state index contributed by atoms with van der Waals surface area (Å²) in [5.41, 5.74) is 5.25. The molecule has 0 radical (unpaired) electrons. The lowest BCUT2D eigenvalue weighted by molar-refractivity contribution is 0.1000. The summed E-state index contributed by atoms with van der Waals surface area (Å²) in [6.07, 6.45) is 0.175. The van der Waals surface area contributed by atoms with Gasteiger partial charge in [0.05, 0.1) is 0 Å². The first-order valence-corrected chi connectivity index (χ1v) is 3.75. The summed E-state index contributed by atoms with van der Waals surface area (Å²) in [4.78, 5) is 26.0. The van der Waals surface area contributed by atoms with Crippen molar-refractivity contribution in [3.63, 3.8) is 0 Å². The van der Waals surface area contributed by atoms with Gasteiger partial charge in [-0.1, -0.05) is 0 Å². The van der Waals surface area contributed by atoms with Crippen molar-refractivity contribution < 1.29 is 14.7 Å². The fourth-order valence-electron chi connectivity index (χ4n) is 0.853. The van der Waals surface area contributed by atoms with Crippen LogP contribution in [0.3, 0.4) is 0 Å². The van der Waals surface area contributed by atoms with Gasteiger partial charge in [-0.25, -0.2) is 9.78 Å². The zero-order chi connectivity index (χ0) is 10.7. The van der Waals surface area contributed by atoms with Crippen LogP contribution in [-0.4, -0.2) is 29.1 Å². The topological polar surface area (TPSA) is 96.5 Å². The van der Waals surface area contributed by atoms with E-state index in [2.05, 4.69) is 4.98 Å². The van der Waals surface area contributed by atoms with Crippen molar-refractivity contribution >= 4 is 17.8 Å². The summed E-state index contributed by atoms with van der Waals surface area (Å²) in [5, 5.41) is 8.63. The minimum absolute atomic E-state index is 0.161. The highest BCUT2D eigenvalue weighted by Crippen LogP contribution is 2.10. The van der Waals surface area contributed by atoms with E-state index in [1.165, 1.54) is 25.4 Å². The highest BCUT2D eigenvalue weighted by molar-refractivity contribution is 5.94. The maximum absolute atomic E-state index is 10.8. The van der Waals surface area contributed by atoms with Crippen LogP contribution in [0.5, 0.6) is 0 Å². The van der Waals surface area contributed by atoms with E-state index >= 15 is 0 Å². The molecular weight excluding hydrogens is 186 g/mol. The Bertz CT molecular complexity index is 378. The number of anilines is 1. The number of rotatable bonds is 2. The Labute approximate surface area is 80.0 Å². The van der Waals surface area contributed by atoms with Gasteiger partial charge in [-0.3, -0.25) is 9.69 Å². The Balaban J connectivity index is 3.05. The van der Waals surface area contributed by atoms with Crippen LogP contribution in [0.4, 0.5) is 10.6 Å². The number of aromatic nitrogens is 1. The monoisotopic (exact) mass is 195 g/mol. The Kier molecular flexibility index (Phi) is 2.66. The zero-order valence-electron chi connectivity index (χ0n) is 7.47. The highest BCUT2D eigenvalue weighted by atomic mass is 16.4. The second-order valence-corrected chi connectivity index (χ2v) is 2.61. The molecule has 1 aromatic rings. The predicted octanol–water partition coefficient (Wildman–Crippen LogP) is 0.295. The first-order chi connectivity index (χ1) is 6.52. The molecule has 1 aromatic heterocycles. The number of primary amides is 1. The SMILES string of the molecule is CN(C(=O)O)c1cc(C(N)=O)ccn1. The number of hydrogen-bond acceptors (Lipinski definition) is 3. The summed E-state index contributed by atoms with van der Waals surface area (Å²) in [6.45, 7) is 0. The Morgan fingerprint density at radius 2 is 2.21 bits per heavy atom. The number of pyridine rings is 1. The number of hydrogen-bond donors (Lipinski definition) is 2. The molecular formula is C8H9N3O3. The van der Waals surface area contributed by atoms with Gasteiger partial charge in [-0.2, -0.15) is 0 Å². The lowest BCUT2D eigenvalue weighted by Crippen LogP contribution is -2.25. The number of carbonyl (C=O) groups is 2. The van der Waals surface area contributed by atoms with Crippen LogP contribution in [0.2, 0.25) is 0 Å². The summed E-state index contributed by atoms with van der Waals surface area (Å²) in [5.74, 6) is -0.457. The molecule has 0 aromatic carbocycles. The van der Waals surface area contributed by atoms with Gasteiger partial charge in [-0.15, -0.1) is 0 Å². The fourth-order valence-corrected chi connectivity index (χ4v) is 0.853. The van der Waals surface area contributed by atoms with Crippen LogP contribution in [0, 0.1) is 0 Å². The minimum Gasteiger partial charge on any atom is -0.465 e. The molecule has 0 saturated carbocycles. The predicted molar refractivity (Wildman–Crippen MR) is 49.2 cm³/mol. The van der Waals surface area contributed by atoms with Gasteiger partial charge in [0.15, 0.2) is 0 Å². The summed E-state index contributed by atoms with van der Waals surface area (Å²) in [6, 6.07) is 2.73. The second kappa shape index (κ2) is 3.73. The molecule has 0 aliphatic carbocycles.